The summed E-state index contributed by atoms with van der Waals surface area (Å²) >= 11 is 3.35. The molecule has 0 aromatic heterocycles. The molecule has 0 aliphatic heterocycles. The number of Topliss-reactive ketones (excluding diaryl/α,β-unsaturated/α-hetero) is 1. The molecule has 0 amide bonds. The SMILES string of the molecule is CCCCOCC(=O)c1ccc(OC)c(Br)c1. The van der Waals surface area contributed by atoms with Crippen LogP contribution in [0.4, 0.5) is 0 Å². The van der Waals surface area contributed by atoms with Gasteiger partial charge in [0.25, 0.3) is 0 Å². The van der Waals surface area contributed by atoms with E-state index >= 15 is 0 Å². The van der Waals surface area contributed by atoms with Crippen LogP contribution < -0.4 is 4.74 Å². The van der Waals surface area contributed by atoms with Crippen LogP contribution in [0, 0.1) is 0 Å². The fourth-order valence-corrected chi connectivity index (χ4v) is 1.88. The zero-order chi connectivity index (χ0) is 12.7. The topological polar surface area (TPSA) is 35.5 Å². The number of carbonyl (C=O) groups excluding carboxylic acids is 1. The summed E-state index contributed by atoms with van der Waals surface area (Å²) in [6.45, 7) is 2.87. The van der Waals surface area contributed by atoms with Crippen molar-refractivity contribution in [2.45, 2.75) is 19.8 Å². The van der Waals surface area contributed by atoms with Crippen LogP contribution >= 0.6 is 15.9 Å². The molecule has 1 aromatic rings. The standard InChI is InChI=1S/C13H17BrO3/c1-3-4-7-17-9-12(15)10-5-6-13(16-2)11(14)8-10/h5-6,8H,3-4,7,9H2,1-2H3. The van der Waals surface area contributed by atoms with Crippen LogP contribution in [0.15, 0.2) is 22.7 Å². The van der Waals surface area contributed by atoms with Crippen molar-refractivity contribution in [3.05, 3.63) is 28.2 Å². The second kappa shape index (κ2) is 7.45. The first-order chi connectivity index (χ1) is 8.19. The van der Waals surface area contributed by atoms with E-state index in [9.17, 15) is 4.79 Å². The molecule has 0 aliphatic carbocycles. The van der Waals surface area contributed by atoms with Gasteiger partial charge in [-0.15, -0.1) is 0 Å². The predicted molar refractivity (Wildman–Crippen MR) is 70.8 cm³/mol. The van der Waals surface area contributed by atoms with E-state index in [-0.39, 0.29) is 12.4 Å². The normalized spacial score (nSPS) is 10.3. The van der Waals surface area contributed by atoms with Gasteiger partial charge in [0, 0.05) is 12.2 Å². The Bertz CT molecular complexity index is 377. The number of hydrogen-bond donors (Lipinski definition) is 0. The molecule has 0 unspecified atom stereocenters. The van der Waals surface area contributed by atoms with Gasteiger partial charge in [-0.2, -0.15) is 0 Å². The molecule has 0 atom stereocenters. The molecule has 1 rings (SSSR count). The van der Waals surface area contributed by atoms with Gasteiger partial charge in [-0.3, -0.25) is 4.79 Å². The molecular weight excluding hydrogens is 284 g/mol. The van der Waals surface area contributed by atoms with Crippen LogP contribution in [0.2, 0.25) is 0 Å². The largest absolute Gasteiger partial charge is 0.496 e. The summed E-state index contributed by atoms with van der Waals surface area (Å²) in [6.07, 6.45) is 2.06. The average Bonchev–Trinajstić information content (AvgIpc) is 2.34. The predicted octanol–water partition coefficient (Wildman–Crippen LogP) is 3.46. The summed E-state index contributed by atoms with van der Waals surface area (Å²) in [5, 5.41) is 0. The van der Waals surface area contributed by atoms with Crippen molar-refractivity contribution in [1.82, 2.24) is 0 Å². The molecule has 3 nitrogen and oxygen atoms in total. The van der Waals surface area contributed by atoms with E-state index in [0.29, 0.717) is 17.9 Å². The molecular formula is C13H17BrO3. The van der Waals surface area contributed by atoms with Gasteiger partial charge in [-0.25, -0.2) is 0 Å². The fourth-order valence-electron chi connectivity index (χ4n) is 1.33. The van der Waals surface area contributed by atoms with Crippen molar-refractivity contribution >= 4 is 21.7 Å². The van der Waals surface area contributed by atoms with Crippen LogP contribution in [-0.4, -0.2) is 26.1 Å². The van der Waals surface area contributed by atoms with Gasteiger partial charge in [0.05, 0.1) is 11.6 Å². The summed E-state index contributed by atoms with van der Waals surface area (Å²) in [5.74, 6) is 0.706. The molecule has 1 aromatic carbocycles. The lowest BCUT2D eigenvalue weighted by Crippen LogP contribution is -2.09. The van der Waals surface area contributed by atoms with Gasteiger partial charge in [-0.05, 0) is 40.5 Å². The third-order valence-electron chi connectivity index (χ3n) is 2.35. The highest BCUT2D eigenvalue weighted by Crippen LogP contribution is 2.25. The molecule has 0 aliphatic rings. The maximum Gasteiger partial charge on any atom is 0.188 e. The van der Waals surface area contributed by atoms with Crippen molar-refractivity contribution in [2.75, 3.05) is 20.3 Å². The number of benzene rings is 1. The molecule has 94 valence electrons. The molecule has 0 N–H and O–H groups in total. The highest BCUT2D eigenvalue weighted by atomic mass is 79.9. The highest BCUT2D eigenvalue weighted by molar-refractivity contribution is 9.10. The third kappa shape index (κ3) is 4.48. The number of halogens is 1. The van der Waals surface area contributed by atoms with E-state index in [2.05, 4.69) is 22.9 Å². The Kier molecular flexibility index (Phi) is 6.22. The van der Waals surface area contributed by atoms with E-state index < -0.39 is 0 Å². The zero-order valence-corrected chi connectivity index (χ0v) is 11.7. The second-order valence-electron chi connectivity index (χ2n) is 3.68. The summed E-state index contributed by atoms with van der Waals surface area (Å²) in [7, 11) is 1.59. The minimum absolute atomic E-state index is 0.00976. The van der Waals surface area contributed by atoms with Crippen molar-refractivity contribution < 1.29 is 14.3 Å². The maximum atomic E-state index is 11.8. The van der Waals surface area contributed by atoms with Crippen molar-refractivity contribution in [3.63, 3.8) is 0 Å². The van der Waals surface area contributed by atoms with Gasteiger partial charge in [-0.1, -0.05) is 13.3 Å². The lowest BCUT2D eigenvalue weighted by Gasteiger charge is -2.06. The van der Waals surface area contributed by atoms with E-state index in [4.69, 9.17) is 9.47 Å². The molecule has 4 heteroatoms. The van der Waals surface area contributed by atoms with Crippen molar-refractivity contribution in [3.8, 4) is 5.75 Å². The molecule has 0 heterocycles. The Morgan fingerprint density at radius 1 is 1.41 bits per heavy atom. The second-order valence-corrected chi connectivity index (χ2v) is 4.53. The van der Waals surface area contributed by atoms with Crippen LogP contribution in [0.1, 0.15) is 30.1 Å². The van der Waals surface area contributed by atoms with Crippen molar-refractivity contribution in [2.24, 2.45) is 0 Å². The first-order valence-corrected chi connectivity index (χ1v) is 6.42. The fraction of sp³-hybridized carbons (Fsp3) is 0.462. The Labute approximate surface area is 110 Å². The number of ether oxygens (including phenoxy) is 2. The minimum atomic E-state index is -0.00976. The zero-order valence-electron chi connectivity index (χ0n) is 10.2. The first-order valence-electron chi connectivity index (χ1n) is 5.63. The third-order valence-corrected chi connectivity index (χ3v) is 2.97. The smallest absolute Gasteiger partial charge is 0.188 e. The van der Waals surface area contributed by atoms with Crippen LogP contribution in [0.3, 0.4) is 0 Å². The maximum absolute atomic E-state index is 11.8. The molecule has 0 radical (unpaired) electrons. The first kappa shape index (κ1) is 14.2. The van der Waals surface area contributed by atoms with E-state index in [0.717, 1.165) is 17.3 Å². The van der Waals surface area contributed by atoms with Crippen LogP contribution in [0.25, 0.3) is 0 Å². The van der Waals surface area contributed by atoms with Gasteiger partial charge in [0.2, 0.25) is 0 Å². The molecule has 0 saturated carbocycles. The van der Waals surface area contributed by atoms with E-state index in [1.165, 1.54) is 0 Å². The van der Waals surface area contributed by atoms with Gasteiger partial charge >= 0.3 is 0 Å². The highest BCUT2D eigenvalue weighted by Gasteiger charge is 2.08. The quantitative estimate of drug-likeness (QED) is 0.571. The monoisotopic (exact) mass is 300 g/mol. The Morgan fingerprint density at radius 2 is 2.18 bits per heavy atom. The van der Waals surface area contributed by atoms with Gasteiger partial charge in [0.1, 0.15) is 12.4 Å². The average molecular weight is 301 g/mol. The molecule has 0 bridgehead atoms. The Hall–Kier alpha value is -0.870. The number of unbranched alkanes of at least 4 members (excludes halogenated alkanes) is 1. The Balaban J connectivity index is 2.54. The van der Waals surface area contributed by atoms with Gasteiger partial charge in [0.15, 0.2) is 5.78 Å². The summed E-state index contributed by atoms with van der Waals surface area (Å²) < 4.78 is 11.2. The molecule has 0 fully saturated rings. The molecule has 0 spiro atoms. The number of rotatable bonds is 7. The van der Waals surface area contributed by atoms with E-state index in [1.54, 1.807) is 25.3 Å². The lowest BCUT2D eigenvalue weighted by molar-refractivity contribution is 0.0754. The molecule has 17 heavy (non-hydrogen) atoms. The van der Waals surface area contributed by atoms with Crippen LogP contribution in [0.5, 0.6) is 5.75 Å². The minimum Gasteiger partial charge on any atom is -0.496 e. The van der Waals surface area contributed by atoms with Crippen LogP contribution in [-0.2, 0) is 4.74 Å². The number of carbonyl (C=O) groups is 1. The number of hydrogen-bond acceptors (Lipinski definition) is 3. The lowest BCUT2D eigenvalue weighted by atomic mass is 10.1. The van der Waals surface area contributed by atoms with Crippen molar-refractivity contribution in [1.29, 1.82) is 0 Å². The summed E-state index contributed by atoms with van der Waals surface area (Å²) in [6, 6.07) is 5.27. The summed E-state index contributed by atoms with van der Waals surface area (Å²) in [5.41, 5.74) is 0.633. The number of ketones is 1. The number of methoxy groups -OCH3 is 1. The summed E-state index contributed by atoms with van der Waals surface area (Å²) in [4.78, 5) is 11.8. The Morgan fingerprint density at radius 3 is 2.76 bits per heavy atom. The van der Waals surface area contributed by atoms with E-state index in [1.807, 2.05) is 0 Å². The molecule has 0 saturated heterocycles. The van der Waals surface area contributed by atoms with Gasteiger partial charge < -0.3 is 9.47 Å².